The van der Waals surface area contributed by atoms with Crippen LogP contribution >= 0.6 is 0 Å². The van der Waals surface area contributed by atoms with Crippen molar-refractivity contribution in [3.8, 4) is 0 Å². The summed E-state index contributed by atoms with van der Waals surface area (Å²) in [4.78, 5) is 51.4. The van der Waals surface area contributed by atoms with E-state index in [0.29, 0.717) is 19.3 Å². The molecule has 0 bridgehead atoms. The van der Waals surface area contributed by atoms with Crippen LogP contribution in [0.15, 0.2) is 97.2 Å². The van der Waals surface area contributed by atoms with Crippen LogP contribution in [0.3, 0.4) is 0 Å². The monoisotopic (exact) mass is 1160 g/mol. The second kappa shape index (κ2) is 58.0. The number of hydrogen-bond donors (Lipinski definition) is 3. The zero-order valence-corrected chi connectivity index (χ0v) is 52.4. The van der Waals surface area contributed by atoms with Gasteiger partial charge in [0.1, 0.15) is 18.8 Å². The number of aliphatic hydroxyl groups excluding tert-OH is 2. The lowest BCUT2D eigenvalue weighted by Gasteiger charge is -2.40. The molecule has 0 spiro atoms. The number of aliphatic carboxylic acids is 1. The molecule has 1 aliphatic heterocycles. The molecular formula is C71H118O12. The predicted octanol–water partition coefficient (Wildman–Crippen LogP) is 18.0. The Labute approximate surface area is 504 Å². The zero-order valence-electron chi connectivity index (χ0n) is 52.4. The van der Waals surface area contributed by atoms with E-state index in [1.54, 1.807) is 0 Å². The van der Waals surface area contributed by atoms with Crippen LogP contribution in [0.1, 0.15) is 278 Å². The highest BCUT2D eigenvalue weighted by atomic mass is 16.7. The van der Waals surface area contributed by atoms with Gasteiger partial charge in [-0.05, 0) is 122 Å². The fourth-order valence-electron chi connectivity index (χ4n) is 9.54. The number of aliphatic hydroxyl groups is 2. The molecule has 1 fully saturated rings. The van der Waals surface area contributed by atoms with Gasteiger partial charge in [-0.1, -0.05) is 234 Å². The van der Waals surface area contributed by atoms with Gasteiger partial charge in [-0.25, -0.2) is 4.79 Å². The molecule has 0 aromatic rings. The quantitative estimate of drug-likeness (QED) is 0.0228. The number of carboxylic acids is 1. The van der Waals surface area contributed by atoms with Crippen molar-refractivity contribution in [3.05, 3.63) is 97.2 Å². The third-order valence-electron chi connectivity index (χ3n) is 14.6. The summed E-state index contributed by atoms with van der Waals surface area (Å²) in [5.41, 5.74) is 0. The number of unbranched alkanes of at least 4 members (excludes halogenated alkanes) is 26. The van der Waals surface area contributed by atoms with Gasteiger partial charge in [0, 0.05) is 19.3 Å². The fourth-order valence-corrected chi connectivity index (χ4v) is 9.54. The minimum atomic E-state index is -1.92. The van der Waals surface area contributed by atoms with Gasteiger partial charge in [-0.2, -0.15) is 0 Å². The van der Waals surface area contributed by atoms with Crippen molar-refractivity contribution in [2.45, 2.75) is 314 Å². The van der Waals surface area contributed by atoms with Crippen molar-refractivity contribution in [1.29, 1.82) is 0 Å². The Morgan fingerprint density at radius 2 is 0.759 bits per heavy atom. The Morgan fingerprint density at radius 3 is 1.20 bits per heavy atom. The number of carbonyl (C=O) groups is 4. The van der Waals surface area contributed by atoms with Crippen molar-refractivity contribution < 1.29 is 58.2 Å². The predicted molar refractivity (Wildman–Crippen MR) is 340 cm³/mol. The molecule has 474 valence electrons. The largest absolute Gasteiger partial charge is 0.479 e. The highest BCUT2D eigenvalue weighted by Crippen LogP contribution is 2.26. The number of carbonyl (C=O) groups excluding carboxylic acids is 3. The summed E-state index contributed by atoms with van der Waals surface area (Å²) >= 11 is 0. The van der Waals surface area contributed by atoms with E-state index in [0.717, 1.165) is 128 Å². The minimum absolute atomic E-state index is 0.0437. The third kappa shape index (κ3) is 47.6. The highest BCUT2D eigenvalue weighted by Gasteiger charge is 2.50. The van der Waals surface area contributed by atoms with Crippen LogP contribution in [0.2, 0.25) is 0 Å². The molecule has 0 saturated carbocycles. The summed E-state index contributed by atoms with van der Waals surface area (Å²) in [6.45, 7) is 5.84. The molecule has 12 heteroatoms. The standard InChI is InChI=1S/C71H118O12/c1-4-7-10-13-16-19-22-25-28-30-32-34-37-39-42-45-48-51-54-57-63(72)79-60-62(81-64(73)58-55-52-49-46-43-41-38-35-33-31-29-26-23-20-17-14-11-8-5-2)61-80-71-69(67(76)66(75)68(83-71)70(77)78)82-65(74)59-56-53-50-47-44-40-36-27-24-21-18-15-12-9-6-3/h7,10,16-17,19-20,25-29,32,34,36,39,42,62,66-69,71,75-76H,4-6,8-9,11-15,18,21-24,30-31,33,35,37-38,40-41,43-61H2,1-3H3,(H,77,78)/b10-7-,19-16-,20-17-,28-25-,29-26-,34-32-,36-27-,42-39-. The normalized spacial score (nSPS) is 18.2. The summed E-state index contributed by atoms with van der Waals surface area (Å²) in [5.74, 6) is -3.17. The van der Waals surface area contributed by atoms with Gasteiger partial charge >= 0.3 is 23.9 Å². The van der Waals surface area contributed by atoms with Gasteiger partial charge < -0.3 is 39.0 Å². The Balaban J connectivity index is 2.69. The van der Waals surface area contributed by atoms with E-state index >= 15 is 0 Å². The maximum absolute atomic E-state index is 13.2. The van der Waals surface area contributed by atoms with E-state index in [9.17, 15) is 34.5 Å². The van der Waals surface area contributed by atoms with E-state index in [-0.39, 0.29) is 25.9 Å². The van der Waals surface area contributed by atoms with Crippen LogP contribution < -0.4 is 0 Å². The maximum Gasteiger partial charge on any atom is 0.335 e. The molecule has 1 heterocycles. The molecule has 0 aliphatic carbocycles. The van der Waals surface area contributed by atoms with Crippen molar-refractivity contribution >= 4 is 23.9 Å². The van der Waals surface area contributed by atoms with Gasteiger partial charge in [0.25, 0.3) is 0 Å². The van der Waals surface area contributed by atoms with Crippen molar-refractivity contribution in [2.24, 2.45) is 0 Å². The maximum atomic E-state index is 13.2. The summed E-state index contributed by atoms with van der Waals surface area (Å²) in [5, 5.41) is 31.6. The van der Waals surface area contributed by atoms with Gasteiger partial charge in [0.05, 0.1) is 6.61 Å². The Kier molecular flexibility index (Phi) is 53.6. The molecule has 1 aliphatic rings. The molecule has 6 atom stereocenters. The number of allylic oxidation sites excluding steroid dienone is 16. The molecule has 3 N–H and O–H groups in total. The van der Waals surface area contributed by atoms with E-state index in [1.807, 2.05) is 0 Å². The number of carboxylic acid groups (broad SMARTS) is 1. The number of esters is 3. The molecule has 0 aromatic carbocycles. The summed E-state index contributed by atoms with van der Waals surface area (Å²) in [6.07, 6.45) is 65.0. The smallest absolute Gasteiger partial charge is 0.335 e. The molecular weight excluding hydrogens is 1040 g/mol. The average molecular weight is 1160 g/mol. The van der Waals surface area contributed by atoms with Crippen LogP contribution in [0, 0.1) is 0 Å². The highest BCUT2D eigenvalue weighted by molar-refractivity contribution is 5.74. The van der Waals surface area contributed by atoms with Crippen molar-refractivity contribution in [1.82, 2.24) is 0 Å². The topological polar surface area (TPSA) is 175 Å². The number of rotatable bonds is 56. The lowest BCUT2D eigenvalue weighted by atomic mass is 9.98. The number of ether oxygens (including phenoxy) is 5. The van der Waals surface area contributed by atoms with Crippen molar-refractivity contribution in [3.63, 3.8) is 0 Å². The van der Waals surface area contributed by atoms with Crippen molar-refractivity contribution in [2.75, 3.05) is 13.2 Å². The number of hydrogen-bond acceptors (Lipinski definition) is 11. The van der Waals surface area contributed by atoms with Crippen LogP contribution in [0.5, 0.6) is 0 Å². The van der Waals surface area contributed by atoms with Crippen LogP contribution in [0.25, 0.3) is 0 Å². The molecule has 0 amide bonds. The minimum Gasteiger partial charge on any atom is -0.479 e. The first-order valence-electron chi connectivity index (χ1n) is 33.2. The van der Waals surface area contributed by atoms with Crippen LogP contribution in [-0.4, -0.2) is 89.2 Å². The van der Waals surface area contributed by atoms with Gasteiger partial charge in [-0.3, -0.25) is 14.4 Å². The Morgan fingerprint density at radius 1 is 0.410 bits per heavy atom. The Hall–Kier alpha value is -4.36. The molecule has 6 unspecified atom stereocenters. The van der Waals surface area contributed by atoms with Gasteiger partial charge in [-0.15, -0.1) is 0 Å². The first-order valence-corrected chi connectivity index (χ1v) is 33.2. The van der Waals surface area contributed by atoms with E-state index in [4.69, 9.17) is 23.7 Å². The van der Waals surface area contributed by atoms with E-state index in [1.165, 1.54) is 89.9 Å². The van der Waals surface area contributed by atoms with Gasteiger partial charge in [0.2, 0.25) is 0 Å². The second-order valence-electron chi connectivity index (χ2n) is 22.4. The SMILES string of the molecule is CC/C=C\C/C=C\C/C=C\C/C=C\C/C=C\CCCCCC(=O)OCC(COC1OC(C(=O)O)C(O)C(O)C1OC(=O)CCCCCCC/C=C\CCCCCCCC)OC(=O)CCCCCCCCCCC/C=C\C/C=C\CCCCC. The summed E-state index contributed by atoms with van der Waals surface area (Å²) in [7, 11) is 0. The van der Waals surface area contributed by atoms with E-state index < -0.39 is 67.3 Å². The first-order chi connectivity index (χ1) is 40.6. The Bertz CT molecular complexity index is 1810. The summed E-state index contributed by atoms with van der Waals surface area (Å²) in [6, 6.07) is 0. The lowest BCUT2D eigenvalue weighted by molar-refractivity contribution is -0.301. The third-order valence-corrected chi connectivity index (χ3v) is 14.6. The molecule has 0 radical (unpaired) electrons. The molecule has 1 rings (SSSR count). The molecule has 0 aromatic heterocycles. The zero-order chi connectivity index (χ0) is 60.3. The molecule has 12 nitrogen and oxygen atoms in total. The van der Waals surface area contributed by atoms with Gasteiger partial charge in [0.15, 0.2) is 24.6 Å². The first kappa shape index (κ1) is 76.7. The molecule has 1 saturated heterocycles. The summed E-state index contributed by atoms with van der Waals surface area (Å²) < 4.78 is 28.5. The second-order valence-corrected chi connectivity index (χ2v) is 22.4. The van der Waals surface area contributed by atoms with Crippen LogP contribution in [0.4, 0.5) is 0 Å². The lowest BCUT2D eigenvalue weighted by Crippen LogP contribution is -2.61. The average Bonchev–Trinajstić information content (AvgIpc) is 3.58. The molecule has 83 heavy (non-hydrogen) atoms. The fraction of sp³-hybridized carbons (Fsp3) is 0.718. The van der Waals surface area contributed by atoms with E-state index in [2.05, 4.69) is 118 Å². The van der Waals surface area contributed by atoms with Crippen LogP contribution in [-0.2, 0) is 42.9 Å².